The Balaban J connectivity index is 2.00. The fraction of sp³-hybridized carbons (Fsp3) is 0.571. The molecule has 2 aromatic rings. The molecule has 1 aromatic heterocycles. The van der Waals surface area contributed by atoms with Crippen molar-refractivity contribution in [1.29, 1.82) is 0 Å². The predicted octanol–water partition coefficient (Wildman–Crippen LogP) is 4.25. The number of hydrogen-bond donors (Lipinski definition) is 2. The minimum atomic E-state index is -0.470. The van der Waals surface area contributed by atoms with Crippen LogP contribution >= 0.6 is 0 Å². The van der Waals surface area contributed by atoms with E-state index >= 15 is 0 Å². The summed E-state index contributed by atoms with van der Waals surface area (Å²) in [5, 5.41) is 1.16. The zero-order chi connectivity index (χ0) is 18.1. The Kier molecular flexibility index (Phi) is 7.99. The van der Waals surface area contributed by atoms with Crippen molar-refractivity contribution in [2.24, 2.45) is 5.73 Å². The zero-order valence-electron chi connectivity index (χ0n) is 15.8. The van der Waals surface area contributed by atoms with Gasteiger partial charge in [-0.2, -0.15) is 0 Å². The van der Waals surface area contributed by atoms with Crippen molar-refractivity contribution in [1.82, 2.24) is 9.88 Å². The van der Waals surface area contributed by atoms with E-state index in [9.17, 15) is 4.79 Å². The number of nitrogens with zero attached hydrogens (tertiary/aromatic N) is 1. The molecular formula is C21H33N3O. The summed E-state index contributed by atoms with van der Waals surface area (Å²) in [4.78, 5) is 18.1. The number of carbonyl (C=O) groups is 1. The van der Waals surface area contributed by atoms with Gasteiger partial charge >= 0.3 is 0 Å². The molecule has 0 saturated heterocycles. The highest BCUT2D eigenvalue weighted by atomic mass is 16.2. The van der Waals surface area contributed by atoms with Gasteiger partial charge in [0.15, 0.2) is 0 Å². The Bertz CT molecular complexity index is 639. The average Bonchev–Trinajstić information content (AvgIpc) is 3.03. The number of unbranched alkanes of at least 4 members (excludes halogenated alkanes) is 4. The van der Waals surface area contributed by atoms with Crippen molar-refractivity contribution in [3.63, 3.8) is 0 Å². The first kappa shape index (κ1) is 19.5. The molecule has 0 aliphatic carbocycles. The molecule has 3 N–H and O–H groups in total. The van der Waals surface area contributed by atoms with Crippen LogP contribution in [0.1, 0.15) is 57.9 Å². The van der Waals surface area contributed by atoms with Crippen molar-refractivity contribution in [2.45, 2.75) is 64.8 Å². The standard InChI is InChI=1S/C21H33N3O/c1-3-5-9-13-24(14-10-6-4-2)21(25)19(22)15-17-16-23-20-12-8-7-11-18(17)20/h7-8,11-12,16,19,23H,3-6,9-10,13-15,22H2,1-2H3/t19-/m0/s1. The average molecular weight is 344 g/mol. The second kappa shape index (κ2) is 10.2. The summed E-state index contributed by atoms with van der Waals surface area (Å²) in [6, 6.07) is 7.70. The van der Waals surface area contributed by atoms with E-state index in [0.717, 1.165) is 55.2 Å². The van der Waals surface area contributed by atoms with Gasteiger partial charge in [0, 0.05) is 30.2 Å². The molecule has 2 rings (SSSR count). The monoisotopic (exact) mass is 343 g/mol. The van der Waals surface area contributed by atoms with Crippen LogP contribution in [0.3, 0.4) is 0 Å². The summed E-state index contributed by atoms with van der Waals surface area (Å²) in [5.41, 5.74) is 8.52. The van der Waals surface area contributed by atoms with Gasteiger partial charge in [0.05, 0.1) is 6.04 Å². The van der Waals surface area contributed by atoms with Gasteiger partial charge in [0.1, 0.15) is 0 Å². The van der Waals surface area contributed by atoms with Gasteiger partial charge in [-0.3, -0.25) is 4.79 Å². The highest BCUT2D eigenvalue weighted by Gasteiger charge is 2.21. The first-order valence-corrected chi connectivity index (χ1v) is 9.76. The maximum atomic E-state index is 12.9. The number of rotatable bonds is 11. The third-order valence-corrected chi connectivity index (χ3v) is 4.81. The molecule has 1 heterocycles. The third-order valence-electron chi connectivity index (χ3n) is 4.81. The number of nitrogens with two attached hydrogens (primary N) is 1. The van der Waals surface area contributed by atoms with Crippen molar-refractivity contribution < 1.29 is 4.79 Å². The van der Waals surface area contributed by atoms with Gasteiger partial charge in [0.25, 0.3) is 0 Å². The van der Waals surface area contributed by atoms with Gasteiger partial charge in [-0.15, -0.1) is 0 Å². The lowest BCUT2D eigenvalue weighted by molar-refractivity contribution is -0.132. The summed E-state index contributed by atoms with van der Waals surface area (Å²) in [7, 11) is 0. The molecule has 138 valence electrons. The highest BCUT2D eigenvalue weighted by molar-refractivity contribution is 5.86. The number of H-pyrrole nitrogens is 1. The van der Waals surface area contributed by atoms with E-state index in [1.165, 1.54) is 12.8 Å². The van der Waals surface area contributed by atoms with Crippen LogP contribution in [0.15, 0.2) is 30.5 Å². The summed E-state index contributed by atoms with van der Waals surface area (Å²) in [6.07, 6.45) is 9.35. The Morgan fingerprint density at radius 3 is 2.36 bits per heavy atom. The van der Waals surface area contributed by atoms with E-state index in [1.54, 1.807) is 0 Å². The number of benzene rings is 1. The van der Waals surface area contributed by atoms with E-state index in [0.29, 0.717) is 6.42 Å². The molecule has 0 bridgehead atoms. The molecule has 0 fully saturated rings. The highest BCUT2D eigenvalue weighted by Crippen LogP contribution is 2.19. The van der Waals surface area contributed by atoms with Crippen LogP contribution in [-0.4, -0.2) is 34.9 Å². The number of para-hydroxylation sites is 1. The smallest absolute Gasteiger partial charge is 0.239 e. The quantitative estimate of drug-likeness (QED) is 0.599. The Hall–Kier alpha value is -1.81. The van der Waals surface area contributed by atoms with Gasteiger partial charge in [-0.05, 0) is 30.9 Å². The molecule has 0 saturated carbocycles. The van der Waals surface area contributed by atoms with Gasteiger partial charge < -0.3 is 15.6 Å². The Morgan fingerprint density at radius 1 is 1.08 bits per heavy atom. The van der Waals surface area contributed by atoms with E-state index in [1.807, 2.05) is 29.3 Å². The molecule has 1 atom stereocenters. The number of fused-ring (bicyclic) bond motifs is 1. The topological polar surface area (TPSA) is 62.1 Å². The molecule has 0 aliphatic heterocycles. The van der Waals surface area contributed by atoms with Crippen molar-refractivity contribution >= 4 is 16.8 Å². The summed E-state index contributed by atoms with van der Waals surface area (Å²) in [6.45, 7) is 6.04. The molecule has 0 spiro atoms. The van der Waals surface area contributed by atoms with E-state index in [-0.39, 0.29) is 5.91 Å². The van der Waals surface area contributed by atoms with Gasteiger partial charge in [0.2, 0.25) is 5.91 Å². The largest absolute Gasteiger partial charge is 0.361 e. The van der Waals surface area contributed by atoms with Crippen LogP contribution in [0.25, 0.3) is 10.9 Å². The molecule has 0 aliphatic rings. The minimum Gasteiger partial charge on any atom is -0.361 e. The molecule has 0 radical (unpaired) electrons. The number of hydrogen-bond acceptors (Lipinski definition) is 2. The number of nitrogens with one attached hydrogen (secondary N) is 1. The van der Waals surface area contributed by atoms with Gasteiger partial charge in [-0.1, -0.05) is 57.7 Å². The Labute approximate surface area is 151 Å². The lowest BCUT2D eigenvalue weighted by Crippen LogP contribution is -2.45. The molecule has 0 unspecified atom stereocenters. The predicted molar refractivity (Wildman–Crippen MR) is 106 cm³/mol. The summed E-state index contributed by atoms with van der Waals surface area (Å²) >= 11 is 0. The molecule has 25 heavy (non-hydrogen) atoms. The first-order valence-electron chi connectivity index (χ1n) is 9.76. The first-order chi connectivity index (χ1) is 12.2. The van der Waals surface area contributed by atoms with E-state index in [2.05, 4.69) is 24.9 Å². The number of amides is 1. The lowest BCUT2D eigenvalue weighted by Gasteiger charge is -2.26. The molecule has 1 aromatic carbocycles. The van der Waals surface area contributed by atoms with Crippen molar-refractivity contribution in [3.8, 4) is 0 Å². The number of aromatic amines is 1. The SMILES string of the molecule is CCCCCN(CCCCC)C(=O)[C@@H](N)Cc1c[nH]c2ccccc12. The molecular weight excluding hydrogens is 310 g/mol. The third kappa shape index (κ3) is 5.60. The number of aromatic nitrogens is 1. The lowest BCUT2D eigenvalue weighted by atomic mass is 10.0. The van der Waals surface area contributed by atoms with Crippen LogP contribution in [0.2, 0.25) is 0 Å². The van der Waals surface area contributed by atoms with Crippen molar-refractivity contribution in [2.75, 3.05) is 13.1 Å². The molecule has 4 heteroatoms. The second-order valence-corrected chi connectivity index (χ2v) is 6.91. The maximum Gasteiger partial charge on any atom is 0.239 e. The molecule has 4 nitrogen and oxygen atoms in total. The van der Waals surface area contributed by atoms with E-state index < -0.39 is 6.04 Å². The van der Waals surface area contributed by atoms with Crippen molar-refractivity contribution in [3.05, 3.63) is 36.0 Å². The van der Waals surface area contributed by atoms with Gasteiger partial charge in [-0.25, -0.2) is 0 Å². The summed E-state index contributed by atoms with van der Waals surface area (Å²) in [5.74, 6) is 0.0949. The normalized spacial score (nSPS) is 12.4. The fourth-order valence-electron chi connectivity index (χ4n) is 3.30. The zero-order valence-corrected chi connectivity index (χ0v) is 15.8. The second-order valence-electron chi connectivity index (χ2n) is 6.91. The van der Waals surface area contributed by atoms with E-state index in [4.69, 9.17) is 5.73 Å². The van der Waals surface area contributed by atoms with Crippen LogP contribution in [0.5, 0.6) is 0 Å². The molecule has 1 amide bonds. The summed E-state index contributed by atoms with van der Waals surface area (Å²) < 4.78 is 0. The van der Waals surface area contributed by atoms with Crippen LogP contribution in [-0.2, 0) is 11.2 Å². The fourth-order valence-corrected chi connectivity index (χ4v) is 3.30. The maximum absolute atomic E-state index is 12.9. The van der Waals surface area contributed by atoms with Crippen LogP contribution in [0.4, 0.5) is 0 Å². The number of carbonyl (C=O) groups excluding carboxylic acids is 1. The Morgan fingerprint density at radius 2 is 1.72 bits per heavy atom. The van der Waals surface area contributed by atoms with Crippen LogP contribution < -0.4 is 5.73 Å². The minimum absolute atomic E-state index is 0.0949. The van der Waals surface area contributed by atoms with Crippen LogP contribution in [0, 0.1) is 0 Å².